The number of halogens is 1. The molecule has 164 valence electrons. The maximum atomic E-state index is 11.6. The van der Waals surface area contributed by atoms with Crippen LogP contribution in [0.2, 0.25) is 0 Å². The third-order valence-corrected chi connectivity index (χ3v) is 7.13. The molecule has 0 amide bonds. The number of hydrogen-bond acceptors (Lipinski definition) is 5. The van der Waals surface area contributed by atoms with Crippen LogP contribution in [0.25, 0.3) is 0 Å². The van der Waals surface area contributed by atoms with Gasteiger partial charge in [0.05, 0.1) is 18.1 Å². The van der Waals surface area contributed by atoms with Crippen molar-refractivity contribution in [3.8, 4) is 0 Å². The molecule has 2 aliphatic rings. The summed E-state index contributed by atoms with van der Waals surface area (Å²) in [5.74, 6) is 1.14. The van der Waals surface area contributed by atoms with Gasteiger partial charge in [-0.15, -0.1) is 24.0 Å². The van der Waals surface area contributed by atoms with Crippen LogP contribution >= 0.6 is 24.0 Å². The van der Waals surface area contributed by atoms with E-state index in [-0.39, 0.29) is 41.5 Å². The van der Waals surface area contributed by atoms with E-state index in [4.69, 9.17) is 0 Å². The van der Waals surface area contributed by atoms with E-state index >= 15 is 0 Å². The third-order valence-electron chi connectivity index (χ3n) is 5.36. The van der Waals surface area contributed by atoms with Crippen molar-refractivity contribution in [2.75, 3.05) is 51.3 Å². The number of likely N-dealkylation sites (N-methyl/N-ethyl adjacent to an activating group) is 1. The van der Waals surface area contributed by atoms with Gasteiger partial charge in [0, 0.05) is 45.3 Å². The van der Waals surface area contributed by atoms with Crippen molar-refractivity contribution in [2.24, 2.45) is 4.99 Å². The first-order valence-electron chi connectivity index (χ1n) is 10.2. The lowest BCUT2D eigenvalue weighted by molar-refractivity contribution is 0.148. The minimum atomic E-state index is -2.90. The van der Waals surface area contributed by atoms with Crippen LogP contribution in [0.15, 0.2) is 29.3 Å². The zero-order chi connectivity index (χ0) is 20.0. The van der Waals surface area contributed by atoms with Crippen LogP contribution in [-0.4, -0.2) is 81.5 Å². The van der Waals surface area contributed by atoms with Gasteiger partial charge in [-0.3, -0.25) is 4.90 Å². The SMILES string of the molecule is CCNC(=NCc1ccc(CN2CCN(C)CC2)cc1)NC1CCS(=O)(=O)C1.I. The van der Waals surface area contributed by atoms with Crippen molar-refractivity contribution in [1.82, 2.24) is 20.4 Å². The number of guanidine groups is 1. The van der Waals surface area contributed by atoms with Crippen molar-refractivity contribution in [3.05, 3.63) is 35.4 Å². The van der Waals surface area contributed by atoms with E-state index in [9.17, 15) is 8.42 Å². The molecular formula is C20H34IN5O2S. The first-order valence-corrected chi connectivity index (χ1v) is 12.0. The van der Waals surface area contributed by atoms with Crippen molar-refractivity contribution >= 4 is 39.8 Å². The summed E-state index contributed by atoms with van der Waals surface area (Å²) < 4.78 is 23.3. The lowest BCUT2D eigenvalue weighted by Crippen LogP contribution is -2.44. The lowest BCUT2D eigenvalue weighted by Gasteiger charge is -2.32. The molecule has 2 saturated heterocycles. The molecule has 0 radical (unpaired) electrons. The highest BCUT2D eigenvalue weighted by Gasteiger charge is 2.28. The number of piperazine rings is 1. The zero-order valence-electron chi connectivity index (χ0n) is 17.4. The topological polar surface area (TPSA) is 77.0 Å². The Morgan fingerprint density at radius 1 is 1.14 bits per heavy atom. The summed E-state index contributed by atoms with van der Waals surface area (Å²) in [5, 5.41) is 6.47. The molecule has 0 spiro atoms. The van der Waals surface area contributed by atoms with Crippen LogP contribution in [0.1, 0.15) is 24.5 Å². The quantitative estimate of drug-likeness (QED) is 0.325. The Bertz CT molecular complexity index is 762. The minimum Gasteiger partial charge on any atom is -0.357 e. The first-order chi connectivity index (χ1) is 13.4. The van der Waals surface area contributed by atoms with Gasteiger partial charge in [0.1, 0.15) is 0 Å². The summed E-state index contributed by atoms with van der Waals surface area (Å²) in [6.07, 6.45) is 0.647. The molecule has 1 atom stereocenters. The predicted molar refractivity (Wildman–Crippen MR) is 130 cm³/mol. The molecule has 1 unspecified atom stereocenters. The average Bonchev–Trinajstić information content (AvgIpc) is 3.01. The van der Waals surface area contributed by atoms with Gasteiger partial charge >= 0.3 is 0 Å². The van der Waals surface area contributed by atoms with Crippen molar-refractivity contribution < 1.29 is 8.42 Å². The van der Waals surface area contributed by atoms with E-state index in [1.165, 1.54) is 5.56 Å². The third kappa shape index (κ3) is 8.03. The van der Waals surface area contributed by atoms with E-state index in [1.54, 1.807) is 0 Å². The van der Waals surface area contributed by atoms with Crippen LogP contribution in [0, 0.1) is 0 Å². The number of sulfone groups is 1. The minimum absolute atomic E-state index is 0. The van der Waals surface area contributed by atoms with E-state index in [2.05, 4.69) is 56.7 Å². The van der Waals surface area contributed by atoms with E-state index in [0.717, 1.165) is 44.8 Å². The number of nitrogens with zero attached hydrogens (tertiary/aromatic N) is 3. The molecule has 0 saturated carbocycles. The highest BCUT2D eigenvalue weighted by molar-refractivity contribution is 14.0. The molecular weight excluding hydrogens is 501 g/mol. The van der Waals surface area contributed by atoms with Gasteiger partial charge in [0.2, 0.25) is 0 Å². The standard InChI is InChI=1S/C20H33N5O2S.HI/c1-3-21-20(23-19-8-13-28(26,27)16-19)22-14-17-4-6-18(7-5-17)15-25-11-9-24(2)10-12-25;/h4-7,19H,3,8-16H2,1-2H3,(H2,21,22,23);1H. The molecule has 0 bridgehead atoms. The normalized spacial score (nSPS) is 22.8. The van der Waals surface area contributed by atoms with E-state index < -0.39 is 9.84 Å². The van der Waals surface area contributed by atoms with Gasteiger partial charge in [-0.1, -0.05) is 24.3 Å². The molecule has 3 rings (SSSR count). The van der Waals surface area contributed by atoms with Crippen LogP contribution in [0.5, 0.6) is 0 Å². The van der Waals surface area contributed by atoms with Gasteiger partial charge in [-0.05, 0) is 31.5 Å². The largest absolute Gasteiger partial charge is 0.357 e. The Kier molecular flexibility index (Phi) is 9.64. The highest BCUT2D eigenvalue weighted by Crippen LogP contribution is 2.12. The van der Waals surface area contributed by atoms with Crippen molar-refractivity contribution in [3.63, 3.8) is 0 Å². The molecule has 0 aliphatic carbocycles. The summed E-state index contributed by atoms with van der Waals surface area (Å²) in [5.41, 5.74) is 2.48. The Balaban J connectivity index is 0.00000300. The summed E-state index contributed by atoms with van der Waals surface area (Å²) in [6, 6.07) is 8.60. The van der Waals surface area contributed by atoms with Crippen LogP contribution in [0.3, 0.4) is 0 Å². The van der Waals surface area contributed by atoms with E-state index in [0.29, 0.717) is 18.9 Å². The van der Waals surface area contributed by atoms with Crippen molar-refractivity contribution in [2.45, 2.75) is 32.5 Å². The van der Waals surface area contributed by atoms with Crippen LogP contribution < -0.4 is 10.6 Å². The molecule has 0 aromatic heterocycles. The van der Waals surface area contributed by atoms with Gasteiger partial charge in [0.25, 0.3) is 0 Å². The summed E-state index contributed by atoms with van der Waals surface area (Å²) in [6.45, 7) is 8.84. The summed E-state index contributed by atoms with van der Waals surface area (Å²) in [4.78, 5) is 9.50. The molecule has 7 nitrogen and oxygen atoms in total. The maximum absolute atomic E-state index is 11.6. The molecule has 29 heavy (non-hydrogen) atoms. The first kappa shape index (κ1) is 24.4. The van der Waals surface area contributed by atoms with E-state index in [1.807, 2.05) is 6.92 Å². The molecule has 2 aliphatic heterocycles. The Morgan fingerprint density at radius 3 is 2.38 bits per heavy atom. The number of nitrogens with one attached hydrogen (secondary N) is 2. The summed E-state index contributed by atoms with van der Waals surface area (Å²) >= 11 is 0. The second-order valence-corrected chi connectivity index (χ2v) is 10.1. The molecule has 1 aromatic rings. The average molecular weight is 535 g/mol. The Labute approximate surface area is 192 Å². The van der Waals surface area contributed by atoms with Gasteiger partial charge < -0.3 is 15.5 Å². The fourth-order valence-electron chi connectivity index (χ4n) is 3.61. The Morgan fingerprint density at radius 2 is 1.79 bits per heavy atom. The van der Waals surface area contributed by atoms with Crippen molar-refractivity contribution in [1.29, 1.82) is 0 Å². The lowest BCUT2D eigenvalue weighted by atomic mass is 10.1. The number of aliphatic imine (C=N–C) groups is 1. The molecule has 2 heterocycles. The Hall–Kier alpha value is -0.910. The molecule has 1 aromatic carbocycles. The predicted octanol–water partition coefficient (Wildman–Crippen LogP) is 1.29. The second kappa shape index (κ2) is 11.5. The number of benzene rings is 1. The van der Waals surface area contributed by atoms with Gasteiger partial charge in [-0.2, -0.15) is 0 Å². The van der Waals surface area contributed by atoms with Gasteiger partial charge in [-0.25, -0.2) is 13.4 Å². The van der Waals surface area contributed by atoms with Crippen LogP contribution in [0.4, 0.5) is 0 Å². The molecule has 9 heteroatoms. The maximum Gasteiger partial charge on any atom is 0.191 e. The second-order valence-electron chi connectivity index (χ2n) is 7.84. The fourth-order valence-corrected chi connectivity index (χ4v) is 5.28. The highest BCUT2D eigenvalue weighted by atomic mass is 127. The molecule has 2 N–H and O–H groups in total. The number of rotatable bonds is 6. The fraction of sp³-hybridized carbons (Fsp3) is 0.650. The molecule has 2 fully saturated rings. The van der Waals surface area contributed by atoms with Gasteiger partial charge in [0.15, 0.2) is 15.8 Å². The smallest absolute Gasteiger partial charge is 0.191 e. The van der Waals surface area contributed by atoms with Crippen LogP contribution in [-0.2, 0) is 22.9 Å². The summed E-state index contributed by atoms with van der Waals surface area (Å²) in [7, 11) is -0.720. The zero-order valence-corrected chi connectivity index (χ0v) is 20.6. The monoisotopic (exact) mass is 535 g/mol. The number of hydrogen-bond donors (Lipinski definition) is 2.